The van der Waals surface area contributed by atoms with Crippen molar-refractivity contribution in [2.45, 2.75) is 6.43 Å². The van der Waals surface area contributed by atoms with Crippen molar-refractivity contribution in [1.29, 1.82) is 5.26 Å². The lowest BCUT2D eigenvalue weighted by Gasteiger charge is -2.11. The van der Waals surface area contributed by atoms with Crippen LogP contribution in [0.15, 0.2) is 6.07 Å². The molecule has 0 bridgehead atoms. The number of ether oxygens (including phenoxy) is 2. The largest absolute Gasteiger partial charge is 0.494 e. The Balaban J connectivity index is 3.51. The van der Waals surface area contributed by atoms with Crippen molar-refractivity contribution < 1.29 is 23.0 Å². The van der Waals surface area contributed by atoms with E-state index in [0.29, 0.717) is 0 Å². The van der Waals surface area contributed by atoms with E-state index in [2.05, 4.69) is 9.72 Å². The summed E-state index contributed by atoms with van der Waals surface area (Å²) in [5.41, 5.74) is -1.31. The van der Waals surface area contributed by atoms with Crippen LogP contribution >= 0.6 is 0 Å². The monoisotopic (exact) mass is 242 g/mol. The molecule has 0 aromatic carbocycles. The first-order valence-electron chi connectivity index (χ1n) is 4.40. The maximum atomic E-state index is 12.7. The molecule has 0 aliphatic rings. The molecule has 0 radical (unpaired) electrons. The predicted octanol–water partition coefficient (Wildman–Crippen LogP) is 1.69. The van der Waals surface area contributed by atoms with Crippen molar-refractivity contribution in [3.05, 3.63) is 23.0 Å². The second-order valence-corrected chi connectivity index (χ2v) is 2.88. The molecule has 1 aromatic heterocycles. The van der Waals surface area contributed by atoms with Gasteiger partial charge in [-0.3, -0.25) is 0 Å². The van der Waals surface area contributed by atoms with E-state index < -0.39 is 18.1 Å². The highest BCUT2D eigenvalue weighted by Gasteiger charge is 2.24. The fraction of sp³-hybridized carbons (Fsp3) is 0.300. The molecule has 0 spiro atoms. The van der Waals surface area contributed by atoms with Crippen LogP contribution in [0.4, 0.5) is 8.78 Å². The quantitative estimate of drug-likeness (QED) is 0.754. The number of aromatic nitrogens is 1. The lowest BCUT2D eigenvalue weighted by Crippen LogP contribution is -2.09. The number of hydrogen-bond acceptors (Lipinski definition) is 5. The summed E-state index contributed by atoms with van der Waals surface area (Å²) in [5, 5.41) is 8.64. The minimum absolute atomic E-state index is 0.253. The van der Waals surface area contributed by atoms with Crippen molar-refractivity contribution >= 4 is 5.97 Å². The van der Waals surface area contributed by atoms with Crippen LogP contribution < -0.4 is 4.74 Å². The Hall–Kier alpha value is -2.23. The van der Waals surface area contributed by atoms with Gasteiger partial charge in [-0.05, 0) is 6.07 Å². The zero-order valence-electron chi connectivity index (χ0n) is 9.03. The van der Waals surface area contributed by atoms with Crippen molar-refractivity contribution in [2.24, 2.45) is 0 Å². The lowest BCUT2D eigenvalue weighted by atomic mass is 10.1. The highest BCUT2D eigenvalue weighted by molar-refractivity contribution is 5.93. The van der Waals surface area contributed by atoms with E-state index in [0.717, 1.165) is 20.3 Å². The zero-order chi connectivity index (χ0) is 13.0. The molecule has 0 unspecified atom stereocenters. The predicted molar refractivity (Wildman–Crippen MR) is 51.8 cm³/mol. The molecular formula is C10H8F2N2O3. The number of carbonyl (C=O) groups is 1. The Morgan fingerprint density at radius 2 is 2.18 bits per heavy atom. The van der Waals surface area contributed by atoms with Crippen molar-refractivity contribution in [3.8, 4) is 11.8 Å². The van der Waals surface area contributed by atoms with Gasteiger partial charge in [-0.1, -0.05) is 0 Å². The molecule has 7 heteroatoms. The van der Waals surface area contributed by atoms with E-state index in [9.17, 15) is 13.6 Å². The molecule has 1 heterocycles. The van der Waals surface area contributed by atoms with Crippen molar-refractivity contribution in [1.82, 2.24) is 4.98 Å². The number of alkyl halides is 2. The fourth-order valence-electron chi connectivity index (χ4n) is 1.23. The number of rotatable bonds is 3. The first-order chi connectivity index (χ1) is 8.04. The number of methoxy groups -OCH3 is 2. The number of carbonyl (C=O) groups excluding carboxylic acids is 1. The lowest BCUT2D eigenvalue weighted by molar-refractivity contribution is 0.0595. The average Bonchev–Trinajstić information content (AvgIpc) is 2.35. The van der Waals surface area contributed by atoms with E-state index in [4.69, 9.17) is 10.00 Å². The molecule has 1 aromatic rings. The third-order valence-electron chi connectivity index (χ3n) is 1.93. The van der Waals surface area contributed by atoms with Crippen LogP contribution in [0.3, 0.4) is 0 Å². The van der Waals surface area contributed by atoms with Crippen LogP contribution in [0, 0.1) is 11.3 Å². The van der Waals surface area contributed by atoms with Gasteiger partial charge in [0, 0.05) is 0 Å². The summed E-state index contributed by atoms with van der Waals surface area (Å²) in [7, 11) is 2.22. The number of hydrogen-bond donors (Lipinski definition) is 0. The minimum atomic E-state index is -2.96. The molecule has 0 amide bonds. The molecule has 0 saturated carbocycles. The summed E-state index contributed by atoms with van der Waals surface area (Å²) in [6.45, 7) is 0. The molecule has 0 saturated heterocycles. The summed E-state index contributed by atoms with van der Waals surface area (Å²) in [5.74, 6) is -1.26. The van der Waals surface area contributed by atoms with Gasteiger partial charge in [0.15, 0.2) is 11.4 Å². The summed E-state index contributed by atoms with van der Waals surface area (Å²) >= 11 is 0. The zero-order valence-corrected chi connectivity index (χ0v) is 9.03. The molecule has 90 valence electrons. The van der Waals surface area contributed by atoms with E-state index in [1.807, 2.05) is 0 Å². The highest BCUT2D eigenvalue weighted by Crippen LogP contribution is 2.31. The number of esters is 1. The molecule has 0 aliphatic carbocycles. The number of nitriles is 1. The van der Waals surface area contributed by atoms with E-state index in [1.165, 1.54) is 0 Å². The summed E-state index contributed by atoms with van der Waals surface area (Å²) in [4.78, 5) is 14.7. The van der Waals surface area contributed by atoms with Crippen molar-refractivity contribution in [3.63, 3.8) is 0 Å². The highest BCUT2D eigenvalue weighted by atomic mass is 19.3. The van der Waals surface area contributed by atoms with E-state index >= 15 is 0 Å². The second kappa shape index (κ2) is 5.21. The van der Waals surface area contributed by atoms with Gasteiger partial charge >= 0.3 is 5.97 Å². The van der Waals surface area contributed by atoms with Crippen LogP contribution in [0.5, 0.6) is 5.75 Å². The Kier molecular flexibility index (Phi) is 3.93. The number of halogens is 2. The SMILES string of the molecule is COC(=O)c1cc(C#N)nc(C(F)F)c1OC. The first-order valence-corrected chi connectivity index (χ1v) is 4.40. The van der Waals surface area contributed by atoms with Gasteiger partial charge in [0.1, 0.15) is 17.3 Å². The normalized spacial score (nSPS) is 9.88. The molecular weight excluding hydrogens is 234 g/mol. The molecule has 0 aliphatic heterocycles. The van der Waals surface area contributed by atoms with Gasteiger partial charge in [-0.15, -0.1) is 0 Å². The summed E-state index contributed by atoms with van der Waals surface area (Å²) in [6.07, 6.45) is -2.96. The molecule has 17 heavy (non-hydrogen) atoms. The Labute approximate surface area is 95.6 Å². The Morgan fingerprint density at radius 3 is 2.59 bits per heavy atom. The van der Waals surface area contributed by atoms with Gasteiger partial charge < -0.3 is 9.47 Å². The van der Waals surface area contributed by atoms with Crippen LogP contribution in [0.1, 0.15) is 28.2 Å². The van der Waals surface area contributed by atoms with Crippen LogP contribution in [0.25, 0.3) is 0 Å². The van der Waals surface area contributed by atoms with Gasteiger partial charge in [0.2, 0.25) is 0 Å². The fourth-order valence-corrected chi connectivity index (χ4v) is 1.23. The van der Waals surface area contributed by atoms with E-state index in [-0.39, 0.29) is 17.0 Å². The maximum Gasteiger partial charge on any atom is 0.341 e. The summed E-state index contributed by atoms with van der Waals surface area (Å²) in [6, 6.07) is 2.62. The van der Waals surface area contributed by atoms with Crippen LogP contribution in [0.2, 0.25) is 0 Å². The van der Waals surface area contributed by atoms with Crippen molar-refractivity contribution in [2.75, 3.05) is 14.2 Å². The Bertz CT molecular complexity index is 483. The third-order valence-corrected chi connectivity index (χ3v) is 1.93. The summed E-state index contributed by atoms with van der Waals surface area (Å²) < 4.78 is 34.5. The Morgan fingerprint density at radius 1 is 1.53 bits per heavy atom. The average molecular weight is 242 g/mol. The topological polar surface area (TPSA) is 72.2 Å². The number of nitrogens with zero attached hydrogens (tertiary/aromatic N) is 2. The van der Waals surface area contributed by atoms with Gasteiger partial charge in [-0.2, -0.15) is 5.26 Å². The second-order valence-electron chi connectivity index (χ2n) is 2.88. The molecule has 5 nitrogen and oxygen atoms in total. The third kappa shape index (κ3) is 2.47. The molecule has 1 rings (SSSR count). The molecule has 0 atom stereocenters. The van der Waals surface area contributed by atoms with E-state index in [1.54, 1.807) is 6.07 Å². The van der Waals surface area contributed by atoms with Gasteiger partial charge in [0.25, 0.3) is 6.43 Å². The molecule has 0 N–H and O–H groups in total. The van der Waals surface area contributed by atoms with Gasteiger partial charge in [-0.25, -0.2) is 18.6 Å². The van der Waals surface area contributed by atoms with Crippen LogP contribution in [-0.2, 0) is 4.74 Å². The standard InChI is InChI=1S/C10H8F2N2O3/c1-16-8-6(10(15)17-2)3-5(4-13)14-7(8)9(11)12/h3,9H,1-2H3. The minimum Gasteiger partial charge on any atom is -0.494 e. The molecule has 0 fully saturated rings. The number of pyridine rings is 1. The van der Waals surface area contributed by atoms with Crippen LogP contribution in [-0.4, -0.2) is 25.2 Å². The smallest absolute Gasteiger partial charge is 0.341 e. The van der Waals surface area contributed by atoms with Gasteiger partial charge in [0.05, 0.1) is 14.2 Å². The first kappa shape index (κ1) is 12.8. The maximum absolute atomic E-state index is 12.7.